The summed E-state index contributed by atoms with van der Waals surface area (Å²) in [7, 11) is 1.32. The average molecular weight is 260 g/mol. The number of rotatable bonds is 3. The van der Waals surface area contributed by atoms with Gasteiger partial charge in [0, 0.05) is 4.90 Å². The monoisotopic (exact) mass is 260 g/mol. The molecular formula is C13H12N2O2S. The summed E-state index contributed by atoms with van der Waals surface area (Å²) in [5, 5.41) is 0.673. The van der Waals surface area contributed by atoms with Crippen molar-refractivity contribution in [2.45, 2.75) is 16.8 Å². The highest BCUT2D eigenvalue weighted by atomic mass is 32.2. The third-order valence-corrected chi connectivity index (χ3v) is 3.40. The maximum Gasteiger partial charge on any atom is 0.358 e. The Labute approximate surface area is 109 Å². The highest BCUT2D eigenvalue weighted by Gasteiger charge is 2.09. The molecule has 0 radical (unpaired) electrons. The number of benzene rings is 1. The quantitative estimate of drug-likeness (QED) is 0.794. The summed E-state index contributed by atoms with van der Waals surface area (Å²) in [5.41, 5.74) is 1.38. The minimum absolute atomic E-state index is 0.219. The van der Waals surface area contributed by atoms with Crippen LogP contribution in [0.3, 0.4) is 0 Å². The lowest BCUT2D eigenvalue weighted by Crippen LogP contribution is -2.05. The molecule has 0 saturated heterocycles. The van der Waals surface area contributed by atoms with Crippen molar-refractivity contribution in [1.82, 2.24) is 9.97 Å². The summed E-state index contributed by atoms with van der Waals surface area (Å²) in [6, 6.07) is 7.98. The molecule has 4 nitrogen and oxygen atoms in total. The van der Waals surface area contributed by atoms with Gasteiger partial charge in [-0.05, 0) is 18.6 Å². The summed E-state index contributed by atoms with van der Waals surface area (Å²) in [6.45, 7) is 2.03. The second-order valence-corrected chi connectivity index (χ2v) is 4.66. The van der Waals surface area contributed by atoms with Crippen LogP contribution in [0.5, 0.6) is 0 Å². The number of hydrogen-bond donors (Lipinski definition) is 0. The Morgan fingerprint density at radius 1 is 1.28 bits per heavy atom. The first kappa shape index (κ1) is 12.6. The highest BCUT2D eigenvalue weighted by Crippen LogP contribution is 2.28. The predicted molar refractivity (Wildman–Crippen MR) is 68.7 cm³/mol. The molecule has 1 heterocycles. The molecule has 18 heavy (non-hydrogen) atoms. The molecule has 0 spiro atoms. The fraction of sp³-hybridized carbons (Fsp3) is 0.154. The minimum Gasteiger partial charge on any atom is -0.464 e. The smallest absolute Gasteiger partial charge is 0.358 e. The van der Waals surface area contributed by atoms with Crippen LogP contribution in [0.15, 0.2) is 46.6 Å². The van der Waals surface area contributed by atoms with Crippen molar-refractivity contribution in [2.75, 3.05) is 7.11 Å². The van der Waals surface area contributed by atoms with E-state index in [1.54, 1.807) is 6.20 Å². The van der Waals surface area contributed by atoms with Crippen molar-refractivity contribution < 1.29 is 9.53 Å². The van der Waals surface area contributed by atoms with Crippen LogP contribution in [0.25, 0.3) is 0 Å². The largest absolute Gasteiger partial charge is 0.464 e. The topological polar surface area (TPSA) is 52.1 Å². The number of ether oxygens (including phenoxy) is 1. The average Bonchev–Trinajstić information content (AvgIpc) is 2.41. The number of methoxy groups -OCH3 is 1. The second-order valence-electron chi connectivity index (χ2n) is 3.60. The van der Waals surface area contributed by atoms with Crippen LogP contribution < -0.4 is 0 Å². The molecule has 0 aliphatic heterocycles. The van der Waals surface area contributed by atoms with Gasteiger partial charge in [-0.15, -0.1) is 0 Å². The number of aromatic nitrogens is 2. The van der Waals surface area contributed by atoms with Crippen LogP contribution in [0, 0.1) is 6.92 Å². The molecule has 2 aromatic rings. The minimum atomic E-state index is -0.477. The van der Waals surface area contributed by atoms with Crippen LogP contribution in [0.4, 0.5) is 0 Å². The Bertz CT molecular complexity index is 572. The van der Waals surface area contributed by atoms with E-state index in [-0.39, 0.29) is 5.69 Å². The highest BCUT2D eigenvalue weighted by molar-refractivity contribution is 7.99. The number of nitrogens with zero attached hydrogens (tertiary/aromatic N) is 2. The summed E-state index contributed by atoms with van der Waals surface area (Å²) in [5.74, 6) is -0.477. The zero-order valence-corrected chi connectivity index (χ0v) is 10.9. The molecular weight excluding hydrogens is 248 g/mol. The van der Waals surface area contributed by atoms with Crippen molar-refractivity contribution in [3.8, 4) is 0 Å². The van der Waals surface area contributed by atoms with Gasteiger partial charge in [-0.3, -0.25) is 4.98 Å². The van der Waals surface area contributed by atoms with Crippen LogP contribution in [-0.4, -0.2) is 23.0 Å². The fourth-order valence-corrected chi connectivity index (χ4v) is 2.24. The Kier molecular flexibility index (Phi) is 3.94. The molecule has 1 aromatic carbocycles. The van der Waals surface area contributed by atoms with Gasteiger partial charge in [-0.2, -0.15) is 0 Å². The maximum atomic E-state index is 11.4. The molecule has 0 N–H and O–H groups in total. The van der Waals surface area contributed by atoms with Gasteiger partial charge >= 0.3 is 5.97 Å². The molecule has 0 unspecified atom stereocenters. The van der Waals surface area contributed by atoms with E-state index in [2.05, 4.69) is 14.7 Å². The first-order valence-corrected chi connectivity index (χ1v) is 6.16. The molecule has 0 saturated carbocycles. The van der Waals surface area contributed by atoms with Crippen LogP contribution >= 0.6 is 11.8 Å². The lowest BCUT2D eigenvalue weighted by molar-refractivity contribution is 0.0592. The summed E-state index contributed by atoms with van der Waals surface area (Å²) in [4.78, 5) is 20.6. The second kappa shape index (κ2) is 5.64. The Hall–Kier alpha value is -1.88. The van der Waals surface area contributed by atoms with Gasteiger partial charge < -0.3 is 4.74 Å². The van der Waals surface area contributed by atoms with E-state index < -0.39 is 5.97 Å². The normalized spacial score (nSPS) is 10.1. The van der Waals surface area contributed by atoms with Crippen LogP contribution in [0.1, 0.15) is 16.1 Å². The zero-order chi connectivity index (χ0) is 13.0. The summed E-state index contributed by atoms with van der Waals surface area (Å²) >= 11 is 1.47. The first-order valence-electron chi connectivity index (χ1n) is 5.34. The SMILES string of the molecule is COC(=O)c1cncc(Sc2ccccc2C)n1. The lowest BCUT2D eigenvalue weighted by Gasteiger charge is -2.05. The van der Waals surface area contributed by atoms with Crippen molar-refractivity contribution in [3.63, 3.8) is 0 Å². The number of hydrogen-bond acceptors (Lipinski definition) is 5. The van der Waals surface area contributed by atoms with Crippen LogP contribution in [-0.2, 0) is 4.74 Å². The predicted octanol–water partition coefficient (Wildman–Crippen LogP) is 2.72. The summed E-state index contributed by atoms with van der Waals surface area (Å²) < 4.78 is 4.61. The van der Waals surface area contributed by atoms with Crippen molar-refractivity contribution in [3.05, 3.63) is 47.9 Å². The van der Waals surface area contributed by atoms with E-state index in [9.17, 15) is 4.79 Å². The third-order valence-electron chi connectivity index (χ3n) is 2.32. The van der Waals surface area contributed by atoms with E-state index in [1.807, 2.05) is 31.2 Å². The molecule has 0 bridgehead atoms. The van der Waals surface area contributed by atoms with Crippen molar-refractivity contribution >= 4 is 17.7 Å². The van der Waals surface area contributed by atoms with Gasteiger partial charge in [0.2, 0.25) is 0 Å². The van der Waals surface area contributed by atoms with Gasteiger partial charge in [0.05, 0.1) is 19.5 Å². The van der Waals surface area contributed by atoms with Gasteiger partial charge in [-0.25, -0.2) is 9.78 Å². The van der Waals surface area contributed by atoms with Crippen LogP contribution in [0.2, 0.25) is 0 Å². The number of aryl methyl sites for hydroxylation is 1. The fourth-order valence-electron chi connectivity index (χ4n) is 1.38. The van der Waals surface area contributed by atoms with E-state index in [0.717, 1.165) is 10.5 Å². The van der Waals surface area contributed by atoms with Crippen molar-refractivity contribution in [1.29, 1.82) is 0 Å². The molecule has 0 aliphatic carbocycles. The molecule has 92 valence electrons. The van der Waals surface area contributed by atoms with E-state index in [0.29, 0.717) is 5.03 Å². The summed E-state index contributed by atoms with van der Waals surface area (Å²) in [6.07, 6.45) is 3.03. The van der Waals surface area contributed by atoms with Gasteiger partial charge in [0.25, 0.3) is 0 Å². The molecule has 5 heteroatoms. The molecule has 2 rings (SSSR count). The number of esters is 1. The van der Waals surface area contributed by atoms with Gasteiger partial charge in [-0.1, -0.05) is 30.0 Å². The molecule has 0 aliphatic rings. The molecule has 0 fully saturated rings. The molecule has 0 amide bonds. The number of carbonyl (C=O) groups is 1. The van der Waals surface area contributed by atoms with E-state index in [4.69, 9.17) is 0 Å². The Morgan fingerprint density at radius 3 is 2.78 bits per heavy atom. The third kappa shape index (κ3) is 2.87. The van der Waals surface area contributed by atoms with E-state index in [1.165, 1.54) is 25.1 Å². The van der Waals surface area contributed by atoms with E-state index >= 15 is 0 Å². The standard InChI is InChI=1S/C13H12N2O2S/c1-9-5-3-4-6-11(9)18-12-8-14-7-10(15-12)13(16)17-2/h3-8H,1-2H3. The zero-order valence-electron chi connectivity index (χ0n) is 10.1. The Balaban J connectivity index is 2.25. The lowest BCUT2D eigenvalue weighted by atomic mass is 10.2. The van der Waals surface area contributed by atoms with Gasteiger partial charge in [0.1, 0.15) is 5.03 Å². The maximum absolute atomic E-state index is 11.4. The molecule has 1 aromatic heterocycles. The van der Waals surface area contributed by atoms with Gasteiger partial charge in [0.15, 0.2) is 5.69 Å². The first-order chi connectivity index (χ1) is 8.70. The van der Waals surface area contributed by atoms with Crippen molar-refractivity contribution in [2.24, 2.45) is 0 Å². The number of carbonyl (C=O) groups excluding carboxylic acids is 1. The Morgan fingerprint density at radius 2 is 2.06 bits per heavy atom. The molecule has 0 atom stereocenters.